The molecule has 1 aliphatic heterocycles. The topological polar surface area (TPSA) is 66.7 Å². The number of benzene rings is 2. The van der Waals surface area contributed by atoms with E-state index in [0.29, 0.717) is 0 Å². The summed E-state index contributed by atoms with van der Waals surface area (Å²) in [5, 5.41) is 11.0. The number of hydrogen-bond donors (Lipinski definition) is 0. The van der Waals surface area contributed by atoms with Crippen molar-refractivity contribution in [3.63, 3.8) is 0 Å². The molecule has 3 rings (SSSR count). The number of non-ortho nitro benzene ring substituents is 1. The second-order valence-electron chi connectivity index (χ2n) is 6.72. The van der Waals surface area contributed by atoms with E-state index >= 15 is 0 Å². The Balaban J connectivity index is 1.72. The summed E-state index contributed by atoms with van der Waals surface area (Å²) in [6.07, 6.45) is 1.97. The number of carbonyl (C=O) groups excluding carboxylic acids is 1. The summed E-state index contributed by atoms with van der Waals surface area (Å²) in [5.74, 6) is 0.0527. The van der Waals surface area contributed by atoms with Gasteiger partial charge in [-0.25, -0.2) is 0 Å². The van der Waals surface area contributed by atoms with Crippen LogP contribution in [0.15, 0.2) is 48.5 Å². The third kappa shape index (κ3) is 3.75. The highest BCUT2D eigenvalue weighted by atomic mass is 16.6. The number of aryl methyl sites for hydroxylation is 1. The summed E-state index contributed by atoms with van der Waals surface area (Å²) in [6, 6.07) is 14.5. The number of para-hydroxylation sites is 1. The van der Waals surface area contributed by atoms with Gasteiger partial charge in [-0.1, -0.05) is 30.3 Å². The zero-order valence-corrected chi connectivity index (χ0v) is 15.1. The predicted molar refractivity (Wildman–Crippen MR) is 101 cm³/mol. The van der Waals surface area contributed by atoms with Crippen LogP contribution in [0, 0.1) is 10.1 Å². The molecule has 0 radical (unpaired) electrons. The number of nitro groups is 1. The fourth-order valence-electron chi connectivity index (χ4n) is 3.38. The van der Waals surface area contributed by atoms with E-state index in [0.717, 1.165) is 30.6 Å². The van der Waals surface area contributed by atoms with Crippen molar-refractivity contribution in [2.45, 2.75) is 25.8 Å². The second-order valence-corrected chi connectivity index (χ2v) is 6.72. The van der Waals surface area contributed by atoms with Crippen molar-refractivity contribution in [1.29, 1.82) is 0 Å². The zero-order chi connectivity index (χ0) is 18.7. The first kappa shape index (κ1) is 18.1. The van der Waals surface area contributed by atoms with Crippen LogP contribution in [0.3, 0.4) is 0 Å². The monoisotopic (exact) mass is 353 g/mol. The average Bonchev–Trinajstić information content (AvgIpc) is 2.66. The van der Waals surface area contributed by atoms with Gasteiger partial charge in [-0.15, -0.1) is 0 Å². The summed E-state index contributed by atoms with van der Waals surface area (Å²) in [6.45, 7) is 2.95. The molecule has 1 atom stereocenters. The molecule has 0 spiro atoms. The van der Waals surface area contributed by atoms with E-state index in [2.05, 4.69) is 6.07 Å². The molecule has 0 saturated carbocycles. The molecule has 2 aromatic rings. The Morgan fingerprint density at radius 3 is 2.81 bits per heavy atom. The maximum absolute atomic E-state index is 12.9. The second kappa shape index (κ2) is 7.66. The van der Waals surface area contributed by atoms with Crippen molar-refractivity contribution >= 4 is 17.3 Å². The molecule has 0 aliphatic carbocycles. The van der Waals surface area contributed by atoms with E-state index in [1.165, 1.54) is 11.6 Å². The van der Waals surface area contributed by atoms with Gasteiger partial charge in [0.25, 0.3) is 5.69 Å². The number of likely N-dealkylation sites (N-methyl/N-ethyl adjacent to an activating group) is 1. The van der Waals surface area contributed by atoms with Gasteiger partial charge >= 0.3 is 0 Å². The first-order valence-corrected chi connectivity index (χ1v) is 8.80. The van der Waals surface area contributed by atoms with E-state index < -0.39 is 4.92 Å². The number of carbonyl (C=O) groups is 1. The highest BCUT2D eigenvalue weighted by molar-refractivity contribution is 5.95. The quantitative estimate of drug-likeness (QED) is 0.609. The number of rotatable bonds is 5. The Morgan fingerprint density at radius 1 is 1.27 bits per heavy atom. The summed E-state index contributed by atoms with van der Waals surface area (Å²) in [7, 11) is 1.87. The molecular formula is C20H23N3O3. The molecule has 6 nitrogen and oxygen atoms in total. The van der Waals surface area contributed by atoms with Crippen LogP contribution in [-0.2, 0) is 11.2 Å². The van der Waals surface area contributed by atoms with Crippen LogP contribution in [0.1, 0.15) is 30.5 Å². The van der Waals surface area contributed by atoms with Gasteiger partial charge in [0, 0.05) is 30.4 Å². The molecule has 26 heavy (non-hydrogen) atoms. The molecule has 0 fully saturated rings. The van der Waals surface area contributed by atoms with Crippen molar-refractivity contribution in [3.8, 4) is 0 Å². The first-order chi connectivity index (χ1) is 12.5. The molecule has 6 heteroatoms. The smallest absolute Gasteiger partial charge is 0.269 e. The number of hydrogen-bond acceptors (Lipinski definition) is 4. The minimum absolute atomic E-state index is 0.0527. The third-order valence-corrected chi connectivity index (χ3v) is 5.02. The lowest BCUT2D eigenvalue weighted by Crippen LogP contribution is -2.42. The molecule has 0 N–H and O–H groups in total. The van der Waals surface area contributed by atoms with Crippen molar-refractivity contribution in [1.82, 2.24) is 4.90 Å². The van der Waals surface area contributed by atoms with Gasteiger partial charge < -0.3 is 4.90 Å². The lowest BCUT2D eigenvalue weighted by molar-refractivity contribution is -0.384. The number of nitro benzene ring substituents is 1. The molecule has 1 unspecified atom stereocenters. The molecule has 1 aliphatic rings. The lowest BCUT2D eigenvalue weighted by atomic mass is 10.0. The van der Waals surface area contributed by atoms with Crippen molar-refractivity contribution in [2.24, 2.45) is 0 Å². The number of amides is 1. The van der Waals surface area contributed by atoms with Crippen LogP contribution >= 0.6 is 0 Å². The Bertz CT molecular complexity index is 821. The van der Waals surface area contributed by atoms with Gasteiger partial charge in [-0.2, -0.15) is 0 Å². The highest BCUT2D eigenvalue weighted by Gasteiger charge is 2.24. The van der Waals surface area contributed by atoms with Gasteiger partial charge in [-0.3, -0.25) is 19.8 Å². The van der Waals surface area contributed by atoms with E-state index in [4.69, 9.17) is 0 Å². The molecule has 1 heterocycles. The Hall–Kier alpha value is -2.73. The lowest BCUT2D eigenvalue weighted by Gasteiger charge is -2.32. The normalized spacial score (nSPS) is 14.8. The summed E-state index contributed by atoms with van der Waals surface area (Å²) >= 11 is 0. The SMILES string of the molecule is CC(c1cccc([N+](=O)[O-])c1)N(C)CC(=O)N1CCCc2ccccc21. The number of anilines is 1. The van der Waals surface area contributed by atoms with Crippen molar-refractivity contribution < 1.29 is 9.72 Å². The predicted octanol–water partition coefficient (Wildman–Crippen LogP) is 3.57. The Labute approximate surface area is 153 Å². The Morgan fingerprint density at radius 2 is 2.04 bits per heavy atom. The maximum Gasteiger partial charge on any atom is 0.269 e. The summed E-state index contributed by atoms with van der Waals surface area (Å²) < 4.78 is 0. The Kier molecular flexibility index (Phi) is 5.32. The fourth-order valence-corrected chi connectivity index (χ4v) is 3.38. The molecule has 2 aromatic carbocycles. The maximum atomic E-state index is 12.9. The van der Waals surface area contributed by atoms with E-state index in [9.17, 15) is 14.9 Å². The minimum atomic E-state index is -0.397. The van der Waals surface area contributed by atoms with Gasteiger partial charge in [-0.05, 0) is 44.0 Å². The van der Waals surface area contributed by atoms with E-state index in [-0.39, 0.29) is 24.2 Å². The third-order valence-electron chi connectivity index (χ3n) is 5.02. The molecule has 1 amide bonds. The summed E-state index contributed by atoms with van der Waals surface area (Å²) in [4.78, 5) is 27.2. The molecule has 0 aromatic heterocycles. The van der Waals surface area contributed by atoms with E-state index in [1.54, 1.807) is 12.1 Å². The van der Waals surface area contributed by atoms with Crippen LogP contribution in [-0.4, -0.2) is 35.9 Å². The van der Waals surface area contributed by atoms with Gasteiger partial charge in [0.15, 0.2) is 0 Å². The average molecular weight is 353 g/mol. The number of fused-ring (bicyclic) bond motifs is 1. The van der Waals surface area contributed by atoms with E-state index in [1.807, 2.05) is 48.0 Å². The summed E-state index contributed by atoms with van der Waals surface area (Å²) in [5.41, 5.74) is 3.11. The molecule has 0 saturated heterocycles. The van der Waals surface area contributed by atoms with Gasteiger partial charge in [0.2, 0.25) is 5.91 Å². The van der Waals surface area contributed by atoms with Gasteiger partial charge in [0.1, 0.15) is 0 Å². The standard InChI is InChI=1S/C20H23N3O3/c1-15(17-8-5-10-18(13-17)23(25)26)21(2)14-20(24)22-12-6-9-16-7-3-4-11-19(16)22/h3-5,7-8,10-11,13,15H,6,9,12,14H2,1-2H3. The van der Waals surface area contributed by atoms with Gasteiger partial charge in [0.05, 0.1) is 11.5 Å². The molecule has 0 bridgehead atoms. The van der Waals surface area contributed by atoms with Crippen LogP contribution in [0.25, 0.3) is 0 Å². The number of nitrogens with zero attached hydrogens (tertiary/aromatic N) is 3. The van der Waals surface area contributed by atoms with Crippen molar-refractivity contribution in [2.75, 3.05) is 25.0 Å². The fraction of sp³-hybridized carbons (Fsp3) is 0.350. The van der Waals surface area contributed by atoms with Crippen LogP contribution in [0.2, 0.25) is 0 Å². The van der Waals surface area contributed by atoms with Crippen LogP contribution < -0.4 is 4.90 Å². The van der Waals surface area contributed by atoms with Crippen LogP contribution in [0.4, 0.5) is 11.4 Å². The first-order valence-electron chi connectivity index (χ1n) is 8.80. The van der Waals surface area contributed by atoms with Crippen LogP contribution in [0.5, 0.6) is 0 Å². The van der Waals surface area contributed by atoms with Crippen molar-refractivity contribution in [3.05, 3.63) is 69.8 Å². The molecular weight excluding hydrogens is 330 g/mol. The molecule has 136 valence electrons. The minimum Gasteiger partial charge on any atom is -0.311 e. The largest absolute Gasteiger partial charge is 0.311 e. The highest BCUT2D eigenvalue weighted by Crippen LogP contribution is 2.28. The zero-order valence-electron chi connectivity index (χ0n) is 15.1.